The fraction of sp³-hybridized carbons (Fsp3) is 0.722. The van der Waals surface area contributed by atoms with Gasteiger partial charge in [0.25, 0.3) is 0 Å². The Morgan fingerprint density at radius 1 is 1.39 bits per heavy atom. The van der Waals surface area contributed by atoms with Crippen LogP contribution in [0.1, 0.15) is 51.2 Å². The molecule has 0 spiro atoms. The number of rotatable bonds is 5. The normalized spacial score (nSPS) is 26.1. The molecular weight excluding hydrogens is 294 g/mol. The summed E-state index contributed by atoms with van der Waals surface area (Å²) in [6.45, 7) is 4.75. The smallest absolute Gasteiger partial charge is 0.346 e. The summed E-state index contributed by atoms with van der Waals surface area (Å²) in [5, 5.41) is 11.3. The lowest BCUT2D eigenvalue weighted by Gasteiger charge is -2.35. The summed E-state index contributed by atoms with van der Waals surface area (Å²) in [7, 11) is 0. The van der Waals surface area contributed by atoms with Crippen LogP contribution >= 0.6 is 0 Å². The summed E-state index contributed by atoms with van der Waals surface area (Å²) in [4.78, 5) is 15.1. The molecule has 1 N–H and O–H groups in total. The van der Waals surface area contributed by atoms with Gasteiger partial charge in [0.2, 0.25) is 5.60 Å². The van der Waals surface area contributed by atoms with Crippen molar-refractivity contribution < 1.29 is 19.1 Å². The number of likely N-dealkylation sites (N-methyl/N-ethyl adjacent to an activating group) is 1. The van der Waals surface area contributed by atoms with Crippen LogP contribution in [0.2, 0.25) is 0 Å². The number of carbonyl (C=O) groups excluding carboxylic acids is 1. The third kappa shape index (κ3) is 3.31. The third-order valence-electron chi connectivity index (χ3n) is 5.35. The Morgan fingerprint density at radius 3 is 2.78 bits per heavy atom. The van der Waals surface area contributed by atoms with Crippen LogP contribution in [0.4, 0.5) is 0 Å². The first-order valence-corrected chi connectivity index (χ1v) is 8.84. The Labute approximate surface area is 137 Å². The molecule has 1 saturated carbocycles. The van der Waals surface area contributed by atoms with Crippen molar-refractivity contribution in [2.24, 2.45) is 5.92 Å². The van der Waals surface area contributed by atoms with Crippen LogP contribution in [0.5, 0.6) is 0 Å². The molecule has 1 saturated heterocycles. The first kappa shape index (κ1) is 16.5. The van der Waals surface area contributed by atoms with E-state index in [-0.39, 0.29) is 12.0 Å². The summed E-state index contributed by atoms with van der Waals surface area (Å²) in [5.41, 5.74) is -1.65. The van der Waals surface area contributed by atoms with Crippen molar-refractivity contribution in [1.82, 2.24) is 4.90 Å². The third-order valence-corrected chi connectivity index (χ3v) is 5.35. The summed E-state index contributed by atoms with van der Waals surface area (Å²) < 4.78 is 11.1. The van der Waals surface area contributed by atoms with Gasteiger partial charge in [-0.1, -0.05) is 26.2 Å². The van der Waals surface area contributed by atoms with Gasteiger partial charge >= 0.3 is 5.97 Å². The van der Waals surface area contributed by atoms with E-state index < -0.39 is 11.6 Å². The van der Waals surface area contributed by atoms with Crippen molar-refractivity contribution in [1.29, 1.82) is 0 Å². The molecule has 5 heteroatoms. The maximum atomic E-state index is 12.9. The molecule has 0 radical (unpaired) electrons. The molecule has 1 aromatic rings. The second-order valence-electron chi connectivity index (χ2n) is 6.79. The van der Waals surface area contributed by atoms with E-state index in [1.165, 1.54) is 6.26 Å². The fourth-order valence-electron chi connectivity index (χ4n) is 3.91. The Bertz CT molecular complexity index is 509. The molecule has 1 aliphatic heterocycles. The van der Waals surface area contributed by atoms with Crippen molar-refractivity contribution >= 4 is 5.97 Å². The summed E-state index contributed by atoms with van der Waals surface area (Å²) in [6.07, 6.45) is 7.10. The molecule has 1 aliphatic carbocycles. The molecule has 0 bridgehead atoms. The summed E-state index contributed by atoms with van der Waals surface area (Å²) in [6, 6.07) is 3.40. The Morgan fingerprint density at radius 2 is 2.17 bits per heavy atom. The van der Waals surface area contributed by atoms with Crippen molar-refractivity contribution in [3.05, 3.63) is 24.2 Å². The second kappa shape index (κ2) is 7.05. The van der Waals surface area contributed by atoms with Gasteiger partial charge in [0.1, 0.15) is 11.9 Å². The molecule has 2 fully saturated rings. The van der Waals surface area contributed by atoms with Gasteiger partial charge in [0.15, 0.2) is 0 Å². The molecule has 23 heavy (non-hydrogen) atoms. The minimum atomic E-state index is -1.65. The highest BCUT2D eigenvalue weighted by molar-refractivity contribution is 5.81. The Balaban J connectivity index is 1.76. The number of nitrogens with zero attached hydrogens (tertiary/aromatic N) is 1. The number of hydrogen-bond donors (Lipinski definition) is 1. The van der Waals surface area contributed by atoms with E-state index in [1.807, 2.05) is 0 Å². The van der Waals surface area contributed by atoms with Crippen LogP contribution in [0.15, 0.2) is 22.8 Å². The SMILES string of the molecule is CCN1CCC(OC(=O)C(O)(c2ccco2)C2CCCCC2)C1. The molecule has 128 valence electrons. The van der Waals surface area contributed by atoms with E-state index in [2.05, 4.69) is 11.8 Å². The molecule has 5 nitrogen and oxygen atoms in total. The maximum absolute atomic E-state index is 12.9. The lowest BCUT2D eigenvalue weighted by Crippen LogP contribution is -2.46. The van der Waals surface area contributed by atoms with Gasteiger partial charge < -0.3 is 14.3 Å². The minimum absolute atomic E-state index is 0.126. The van der Waals surface area contributed by atoms with Gasteiger partial charge in [-0.2, -0.15) is 0 Å². The molecule has 0 amide bonds. The van der Waals surface area contributed by atoms with E-state index in [0.717, 1.165) is 58.2 Å². The maximum Gasteiger partial charge on any atom is 0.346 e. The number of likely N-dealkylation sites (tertiary alicyclic amines) is 1. The van der Waals surface area contributed by atoms with Crippen LogP contribution in [-0.4, -0.2) is 41.7 Å². The van der Waals surface area contributed by atoms with Gasteiger partial charge in [0, 0.05) is 19.0 Å². The molecular formula is C18H27NO4. The summed E-state index contributed by atoms with van der Waals surface area (Å²) >= 11 is 0. The first-order chi connectivity index (χ1) is 11.1. The Kier molecular flexibility index (Phi) is 5.07. The van der Waals surface area contributed by atoms with Crippen molar-refractivity contribution in [3.63, 3.8) is 0 Å². The van der Waals surface area contributed by atoms with Crippen molar-refractivity contribution in [2.75, 3.05) is 19.6 Å². The zero-order valence-corrected chi connectivity index (χ0v) is 13.9. The van der Waals surface area contributed by atoms with E-state index >= 15 is 0 Å². The van der Waals surface area contributed by atoms with Gasteiger partial charge in [-0.25, -0.2) is 4.79 Å². The number of aliphatic hydroxyl groups is 1. The highest BCUT2D eigenvalue weighted by Crippen LogP contribution is 2.41. The number of carbonyl (C=O) groups is 1. The standard InChI is InChI=1S/C18H27NO4/c1-2-19-11-10-15(13-19)23-17(20)18(21,16-9-6-12-22-16)14-7-4-3-5-8-14/h6,9,12,14-15,21H,2-5,7-8,10-11,13H2,1H3. The lowest BCUT2D eigenvalue weighted by molar-refractivity contribution is -0.183. The van der Waals surface area contributed by atoms with E-state index in [1.54, 1.807) is 12.1 Å². The molecule has 2 aliphatic rings. The molecule has 2 atom stereocenters. The van der Waals surface area contributed by atoms with E-state index in [9.17, 15) is 9.90 Å². The number of furan rings is 1. The molecule has 2 heterocycles. The topological polar surface area (TPSA) is 62.9 Å². The minimum Gasteiger partial charge on any atom is -0.466 e. The second-order valence-corrected chi connectivity index (χ2v) is 6.79. The van der Waals surface area contributed by atoms with Gasteiger partial charge in [-0.3, -0.25) is 4.90 Å². The van der Waals surface area contributed by atoms with Crippen LogP contribution in [-0.2, 0) is 15.1 Å². The van der Waals surface area contributed by atoms with E-state index in [4.69, 9.17) is 9.15 Å². The first-order valence-electron chi connectivity index (χ1n) is 8.84. The number of esters is 1. The monoisotopic (exact) mass is 321 g/mol. The predicted molar refractivity (Wildman–Crippen MR) is 85.8 cm³/mol. The Hall–Kier alpha value is -1.33. The zero-order chi connectivity index (χ0) is 16.3. The van der Waals surface area contributed by atoms with Crippen molar-refractivity contribution in [3.8, 4) is 0 Å². The average Bonchev–Trinajstić information content (AvgIpc) is 3.26. The van der Waals surface area contributed by atoms with Crippen molar-refractivity contribution in [2.45, 2.75) is 57.2 Å². The average molecular weight is 321 g/mol. The molecule has 2 unspecified atom stereocenters. The molecule has 1 aromatic heterocycles. The lowest BCUT2D eigenvalue weighted by atomic mass is 9.75. The molecule has 0 aromatic carbocycles. The highest BCUT2D eigenvalue weighted by atomic mass is 16.6. The van der Waals surface area contributed by atoms with Crippen LogP contribution in [0, 0.1) is 5.92 Å². The zero-order valence-electron chi connectivity index (χ0n) is 13.9. The fourth-order valence-corrected chi connectivity index (χ4v) is 3.91. The van der Waals surface area contributed by atoms with E-state index in [0.29, 0.717) is 5.76 Å². The van der Waals surface area contributed by atoms with Crippen LogP contribution < -0.4 is 0 Å². The quantitative estimate of drug-likeness (QED) is 0.845. The van der Waals surface area contributed by atoms with Gasteiger partial charge in [-0.05, 0) is 37.9 Å². The largest absolute Gasteiger partial charge is 0.466 e. The van der Waals surface area contributed by atoms with Crippen LogP contribution in [0.3, 0.4) is 0 Å². The number of ether oxygens (including phenoxy) is 1. The summed E-state index contributed by atoms with van der Waals surface area (Å²) in [5.74, 6) is -0.347. The number of hydrogen-bond acceptors (Lipinski definition) is 5. The van der Waals surface area contributed by atoms with Gasteiger partial charge in [0.05, 0.1) is 6.26 Å². The van der Waals surface area contributed by atoms with Gasteiger partial charge in [-0.15, -0.1) is 0 Å². The predicted octanol–water partition coefficient (Wildman–Crippen LogP) is 2.68. The highest BCUT2D eigenvalue weighted by Gasteiger charge is 2.50. The van der Waals surface area contributed by atoms with Crippen LogP contribution in [0.25, 0.3) is 0 Å². The molecule has 3 rings (SSSR count).